The van der Waals surface area contributed by atoms with Gasteiger partial charge < -0.3 is 5.32 Å². The molecule has 1 N–H and O–H groups in total. The highest BCUT2D eigenvalue weighted by Crippen LogP contribution is 2.34. The van der Waals surface area contributed by atoms with Crippen LogP contribution in [0.3, 0.4) is 0 Å². The second-order valence-corrected chi connectivity index (χ2v) is 8.84. The number of aromatic nitrogens is 1. The lowest BCUT2D eigenvalue weighted by Gasteiger charge is -2.13. The van der Waals surface area contributed by atoms with Gasteiger partial charge in [0.25, 0.3) is 0 Å². The Morgan fingerprint density at radius 1 is 1.21 bits per heavy atom. The molecule has 0 saturated heterocycles. The van der Waals surface area contributed by atoms with Gasteiger partial charge in [0.1, 0.15) is 16.0 Å². The molecule has 1 aliphatic rings. The number of hydrogen-bond acceptors (Lipinski definition) is 6. The number of halogens is 2. The quantitative estimate of drug-likeness (QED) is 0.574. The molecule has 0 spiro atoms. The van der Waals surface area contributed by atoms with Crippen LogP contribution in [0.1, 0.15) is 5.56 Å². The lowest BCUT2D eigenvalue weighted by atomic mass is 10.1. The molecule has 0 radical (unpaired) electrons. The van der Waals surface area contributed by atoms with Crippen molar-refractivity contribution in [1.29, 1.82) is 0 Å². The molecule has 1 aliphatic heterocycles. The summed E-state index contributed by atoms with van der Waals surface area (Å²) in [5.74, 6) is -0.310. The standard InChI is InChI=1S/C19H13F2N3OS3/c20-12-5-6-14(21)13(7-12)16-9-26-18(22-16)24-17(25)10-28-19-23-15-4-2-1-3-11(15)8-27-19/h1-7,9H,8,10H2,(H,22,24,25). The highest BCUT2D eigenvalue weighted by atomic mass is 32.2. The Morgan fingerprint density at radius 3 is 2.96 bits per heavy atom. The van der Waals surface area contributed by atoms with Crippen molar-refractivity contribution >= 4 is 56.0 Å². The summed E-state index contributed by atoms with van der Waals surface area (Å²) >= 11 is 4.13. The summed E-state index contributed by atoms with van der Waals surface area (Å²) < 4.78 is 28.0. The van der Waals surface area contributed by atoms with Crippen molar-refractivity contribution < 1.29 is 13.6 Å². The summed E-state index contributed by atoms with van der Waals surface area (Å²) in [7, 11) is 0. The number of aliphatic imine (C=N–C) groups is 1. The number of benzene rings is 2. The van der Waals surface area contributed by atoms with Crippen LogP contribution in [0.15, 0.2) is 52.8 Å². The minimum absolute atomic E-state index is 0.0674. The summed E-state index contributed by atoms with van der Waals surface area (Å²) in [6.07, 6.45) is 0. The molecule has 1 amide bonds. The smallest absolute Gasteiger partial charge is 0.236 e. The minimum Gasteiger partial charge on any atom is -0.301 e. The average Bonchev–Trinajstić information content (AvgIpc) is 3.16. The number of para-hydroxylation sites is 1. The summed E-state index contributed by atoms with van der Waals surface area (Å²) in [6, 6.07) is 11.1. The molecule has 0 unspecified atom stereocenters. The maximum Gasteiger partial charge on any atom is 0.236 e. The number of nitrogens with one attached hydrogen (secondary N) is 1. The largest absolute Gasteiger partial charge is 0.301 e. The number of nitrogens with zero attached hydrogens (tertiary/aromatic N) is 2. The van der Waals surface area contributed by atoms with Gasteiger partial charge in [-0.25, -0.2) is 18.8 Å². The van der Waals surface area contributed by atoms with E-state index in [2.05, 4.69) is 15.3 Å². The van der Waals surface area contributed by atoms with Crippen LogP contribution in [0.5, 0.6) is 0 Å². The van der Waals surface area contributed by atoms with E-state index in [4.69, 9.17) is 0 Å². The summed E-state index contributed by atoms with van der Waals surface area (Å²) in [6.45, 7) is 0. The first-order valence-corrected chi connectivity index (χ1v) is 11.1. The monoisotopic (exact) mass is 433 g/mol. The molecule has 142 valence electrons. The predicted molar refractivity (Wildman–Crippen MR) is 113 cm³/mol. The summed E-state index contributed by atoms with van der Waals surface area (Å²) in [5, 5.41) is 4.61. The fourth-order valence-electron chi connectivity index (χ4n) is 2.52. The topological polar surface area (TPSA) is 54.4 Å². The molecule has 4 rings (SSSR count). The van der Waals surface area contributed by atoms with Crippen LogP contribution in [0.2, 0.25) is 0 Å². The molecule has 9 heteroatoms. The third-order valence-corrected chi connectivity index (χ3v) is 6.84. The number of carbonyl (C=O) groups excluding carboxylic acids is 1. The van der Waals surface area contributed by atoms with E-state index in [-0.39, 0.29) is 22.9 Å². The van der Waals surface area contributed by atoms with Crippen LogP contribution in [-0.4, -0.2) is 21.0 Å². The van der Waals surface area contributed by atoms with Gasteiger partial charge in [-0.15, -0.1) is 11.3 Å². The maximum absolute atomic E-state index is 13.9. The fraction of sp³-hybridized carbons (Fsp3) is 0.105. The van der Waals surface area contributed by atoms with Crippen LogP contribution >= 0.6 is 34.9 Å². The van der Waals surface area contributed by atoms with Crippen LogP contribution in [0, 0.1) is 11.6 Å². The van der Waals surface area contributed by atoms with E-state index in [1.165, 1.54) is 17.3 Å². The molecule has 0 fully saturated rings. The number of hydrogen-bond donors (Lipinski definition) is 1. The molecular formula is C19H13F2N3OS3. The van der Waals surface area contributed by atoms with Gasteiger partial charge in [-0.3, -0.25) is 4.79 Å². The zero-order chi connectivity index (χ0) is 19.5. The first-order chi connectivity index (χ1) is 13.6. The van der Waals surface area contributed by atoms with Crippen LogP contribution in [0.4, 0.5) is 19.6 Å². The van der Waals surface area contributed by atoms with E-state index in [0.717, 1.165) is 45.4 Å². The van der Waals surface area contributed by atoms with Gasteiger partial charge >= 0.3 is 0 Å². The molecule has 0 saturated carbocycles. The van der Waals surface area contributed by atoms with Gasteiger partial charge in [0, 0.05) is 16.7 Å². The van der Waals surface area contributed by atoms with Crippen molar-refractivity contribution in [2.75, 3.05) is 11.1 Å². The Hall–Kier alpha value is -2.23. The summed E-state index contributed by atoms with van der Waals surface area (Å²) in [5.41, 5.74) is 2.47. The van der Waals surface area contributed by atoms with E-state index in [9.17, 15) is 13.6 Å². The Labute approximate surface area is 172 Å². The van der Waals surface area contributed by atoms with Crippen molar-refractivity contribution in [1.82, 2.24) is 4.98 Å². The van der Waals surface area contributed by atoms with E-state index < -0.39 is 11.6 Å². The Kier molecular flexibility index (Phi) is 5.74. The zero-order valence-corrected chi connectivity index (χ0v) is 16.8. The lowest BCUT2D eigenvalue weighted by Crippen LogP contribution is -2.15. The number of amides is 1. The van der Waals surface area contributed by atoms with E-state index in [1.54, 1.807) is 17.1 Å². The number of carbonyl (C=O) groups is 1. The predicted octanol–water partition coefficient (Wildman–Crippen LogP) is 5.69. The van der Waals surface area contributed by atoms with Crippen molar-refractivity contribution in [3.05, 3.63) is 65.0 Å². The van der Waals surface area contributed by atoms with Gasteiger partial charge in [-0.2, -0.15) is 0 Å². The van der Waals surface area contributed by atoms with Gasteiger partial charge in [0.2, 0.25) is 5.91 Å². The molecule has 28 heavy (non-hydrogen) atoms. The molecule has 4 nitrogen and oxygen atoms in total. The number of thioether (sulfide) groups is 2. The van der Waals surface area contributed by atoms with Gasteiger partial charge in [-0.05, 0) is 29.8 Å². The third-order valence-electron chi connectivity index (χ3n) is 3.84. The Morgan fingerprint density at radius 2 is 2.07 bits per heavy atom. The zero-order valence-electron chi connectivity index (χ0n) is 14.3. The average molecular weight is 434 g/mol. The van der Waals surface area contributed by atoms with Crippen LogP contribution in [0.25, 0.3) is 11.3 Å². The van der Waals surface area contributed by atoms with Crippen LogP contribution in [-0.2, 0) is 10.5 Å². The lowest BCUT2D eigenvalue weighted by molar-refractivity contribution is -0.113. The van der Waals surface area contributed by atoms with Crippen molar-refractivity contribution in [2.45, 2.75) is 5.75 Å². The first-order valence-electron chi connectivity index (χ1n) is 8.21. The van der Waals surface area contributed by atoms with Crippen molar-refractivity contribution in [2.24, 2.45) is 4.99 Å². The van der Waals surface area contributed by atoms with Gasteiger partial charge in [0.05, 0.1) is 17.1 Å². The van der Waals surface area contributed by atoms with Crippen LogP contribution < -0.4 is 5.32 Å². The molecular weight excluding hydrogens is 420 g/mol. The number of anilines is 1. The molecule has 0 aliphatic carbocycles. The Balaban J connectivity index is 1.37. The fourth-order valence-corrected chi connectivity index (χ4v) is 5.11. The van der Waals surface area contributed by atoms with Gasteiger partial charge in [0.15, 0.2) is 5.13 Å². The molecule has 0 atom stereocenters. The SMILES string of the molecule is O=C(CSC1=Nc2ccccc2CS1)Nc1nc(-c2cc(F)ccc2F)cs1. The first kappa shape index (κ1) is 19.1. The van der Waals surface area contributed by atoms with Crippen molar-refractivity contribution in [3.63, 3.8) is 0 Å². The number of fused-ring (bicyclic) bond motifs is 1. The minimum atomic E-state index is -0.562. The highest BCUT2D eigenvalue weighted by Gasteiger charge is 2.16. The maximum atomic E-state index is 13.9. The number of rotatable bonds is 4. The summed E-state index contributed by atoms with van der Waals surface area (Å²) in [4.78, 5) is 20.9. The highest BCUT2D eigenvalue weighted by molar-refractivity contribution is 8.38. The van der Waals surface area contributed by atoms with Gasteiger partial charge in [-0.1, -0.05) is 41.7 Å². The third kappa shape index (κ3) is 4.43. The van der Waals surface area contributed by atoms with E-state index in [0.29, 0.717) is 5.13 Å². The molecule has 1 aromatic heterocycles. The molecule has 2 heterocycles. The normalized spacial score (nSPS) is 13.0. The van der Waals surface area contributed by atoms with E-state index >= 15 is 0 Å². The second-order valence-electron chi connectivity index (χ2n) is 5.79. The second kappa shape index (κ2) is 8.42. The van der Waals surface area contributed by atoms with E-state index in [1.807, 2.05) is 24.3 Å². The molecule has 2 aromatic carbocycles. The number of thiazole rings is 1. The molecule has 3 aromatic rings. The molecule has 0 bridgehead atoms. The Bertz CT molecular complexity index is 1070. The van der Waals surface area contributed by atoms with Crippen molar-refractivity contribution in [3.8, 4) is 11.3 Å².